The molecule has 0 aromatic carbocycles. The van der Waals surface area contributed by atoms with E-state index in [2.05, 4.69) is 10.5 Å². The minimum absolute atomic E-state index is 0.222. The molecule has 0 unspecified atom stereocenters. The molecule has 0 aliphatic rings. The zero-order chi connectivity index (χ0) is 13.0. The second kappa shape index (κ2) is 5.50. The first kappa shape index (κ1) is 12.4. The molecule has 0 atom stereocenters. The summed E-state index contributed by atoms with van der Waals surface area (Å²) in [4.78, 5) is 13.3. The van der Waals surface area contributed by atoms with Crippen LogP contribution in [0.3, 0.4) is 0 Å². The Bertz CT molecular complexity index is 504. The maximum atomic E-state index is 11.3. The van der Waals surface area contributed by atoms with E-state index in [9.17, 15) is 4.79 Å². The minimum atomic E-state index is -0.222. The molecule has 0 aliphatic heterocycles. The van der Waals surface area contributed by atoms with Gasteiger partial charge in [-0.05, 0) is 19.2 Å². The molecule has 0 radical (unpaired) electrons. The van der Waals surface area contributed by atoms with Gasteiger partial charge in [0.05, 0.1) is 12.2 Å². The molecule has 0 aliphatic carbocycles. The zero-order valence-electron chi connectivity index (χ0n) is 10.3. The van der Waals surface area contributed by atoms with Crippen molar-refractivity contribution in [2.24, 2.45) is 0 Å². The quantitative estimate of drug-likeness (QED) is 0.863. The fraction of sp³-hybridized carbons (Fsp3) is 0.333. The Morgan fingerprint density at radius 2 is 2.22 bits per heavy atom. The van der Waals surface area contributed by atoms with E-state index in [1.165, 1.54) is 0 Å². The average molecular weight is 249 g/mol. The topological polar surface area (TPSA) is 71.5 Å². The molecule has 1 amide bonds. The van der Waals surface area contributed by atoms with E-state index in [0.29, 0.717) is 18.8 Å². The molecule has 6 heteroatoms. The van der Waals surface area contributed by atoms with Gasteiger partial charge in [0, 0.05) is 19.7 Å². The summed E-state index contributed by atoms with van der Waals surface area (Å²) in [5.41, 5.74) is 0.857. The molecule has 2 rings (SSSR count). The highest BCUT2D eigenvalue weighted by Gasteiger charge is 2.11. The van der Waals surface area contributed by atoms with E-state index in [-0.39, 0.29) is 5.91 Å². The Morgan fingerprint density at radius 1 is 1.39 bits per heavy atom. The molecule has 0 saturated carbocycles. The second-order valence-electron chi connectivity index (χ2n) is 4.01. The number of furan rings is 1. The van der Waals surface area contributed by atoms with Gasteiger partial charge in [0.1, 0.15) is 12.0 Å². The summed E-state index contributed by atoms with van der Waals surface area (Å²) >= 11 is 0. The van der Waals surface area contributed by atoms with Crippen molar-refractivity contribution in [2.45, 2.75) is 13.1 Å². The fourth-order valence-corrected chi connectivity index (χ4v) is 1.63. The van der Waals surface area contributed by atoms with Crippen LogP contribution >= 0.6 is 0 Å². The van der Waals surface area contributed by atoms with Crippen LogP contribution < -0.4 is 5.32 Å². The van der Waals surface area contributed by atoms with Crippen LogP contribution in [-0.4, -0.2) is 30.1 Å². The summed E-state index contributed by atoms with van der Waals surface area (Å²) in [6, 6.07) is 5.27. The van der Waals surface area contributed by atoms with Crippen LogP contribution in [0.2, 0.25) is 0 Å². The third kappa shape index (κ3) is 2.98. The van der Waals surface area contributed by atoms with Gasteiger partial charge in [0.2, 0.25) is 0 Å². The van der Waals surface area contributed by atoms with Crippen molar-refractivity contribution in [1.82, 2.24) is 15.4 Å². The highest BCUT2D eigenvalue weighted by Crippen LogP contribution is 2.11. The normalized spacial score (nSPS) is 10.8. The summed E-state index contributed by atoms with van der Waals surface area (Å²) in [7, 11) is 3.51. The number of aromatic nitrogens is 1. The molecule has 0 bridgehead atoms. The lowest BCUT2D eigenvalue weighted by atomic mass is 10.3. The third-order valence-electron chi connectivity index (χ3n) is 2.46. The predicted octanol–water partition coefficient (Wildman–Crippen LogP) is 1.26. The van der Waals surface area contributed by atoms with Crippen molar-refractivity contribution in [3.63, 3.8) is 0 Å². The lowest BCUT2D eigenvalue weighted by molar-refractivity contribution is 0.0932. The Balaban J connectivity index is 1.92. The Morgan fingerprint density at radius 3 is 2.89 bits per heavy atom. The monoisotopic (exact) mass is 249 g/mol. The van der Waals surface area contributed by atoms with Crippen molar-refractivity contribution in [3.05, 3.63) is 41.7 Å². The molecule has 0 spiro atoms. The van der Waals surface area contributed by atoms with Gasteiger partial charge in [-0.25, -0.2) is 0 Å². The van der Waals surface area contributed by atoms with E-state index in [1.807, 2.05) is 18.0 Å². The Hall–Kier alpha value is -2.08. The SMILES string of the molecule is CNC(=O)c1ccc(CN(C)Cc2ccon2)o1. The van der Waals surface area contributed by atoms with Crippen LogP contribution in [0.25, 0.3) is 0 Å². The number of carbonyl (C=O) groups is 1. The molecular weight excluding hydrogens is 234 g/mol. The van der Waals surface area contributed by atoms with E-state index in [1.54, 1.807) is 25.4 Å². The van der Waals surface area contributed by atoms with Crippen molar-refractivity contribution >= 4 is 5.91 Å². The summed E-state index contributed by atoms with van der Waals surface area (Å²) in [6.07, 6.45) is 1.54. The molecular formula is C12H15N3O3. The van der Waals surface area contributed by atoms with E-state index < -0.39 is 0 Å². The second-order valence-corrected chi connectivity index (χ2v) is 4.01. The van der Waals surface area contributed by atoms with Crippen molar-refractivity contribution in [2.75, 3.05) is 14.1 Å². The summed E-state index contributed by atoms with van der Waals surface area (Å²) in [5.74, 6) is 0.835. The van der Waals surface area contributed by atoms with Crippen LogP contribution in [-0.2, 0) is 13.1 Å². The molecule has 6 nitrogen and oxygen atoms in total. The van der Waals surface area contributed by atoms with Crippen molar-refractivity contribution < 1.29 is 13.7 Å². The number of nitrogens with one attached hydrogen (secondary N) is 1. The average Bonchev–Trinajstić information content (AvgIpc) is 2.99. The highest BCUT2D eigenvalue weighted by molar-refractivity contribution is 5.91. The zero-order valence-corrected chi connectivity index (χ0v) is 10.3. The molecule has 1 N–H and O–H groups in total. The first-order chi connectivity index (χ1) is 8.69. The molecule has 0 saturated heterocycles. The Labute approximate surface area is 105 Å². The first-order valence-corrected chi connectivity index (χ1v) is 5.57. The first-order valence-electron chi connectivity index (χ1n) is 5.57. The maximum absolute atomic E-state index is 11.3. The van der Waals surface area contributed by atoms with Gasteiger partial charge in [-0.2, -0.15) is 0 Å². The number of amides is 1. The van der Waals surface area contributed by atoms with E-state index in [4.69, 9.17) is 8.94 Å². The van der Waals surface area contributed by atoms with Gasteiger partial charge >= 0.3 is 0 Å². The van der Waals surface area contributed by atoms with Crippen molar-refractivity contribution in [1.29, 1.82) is 0 Å². The van der Waals surface area contributed by atoms with Gasteiger partial charge in [0.25, 0.3) is 5.91 Å². The Kier molecular flexibility index (Phi) is 3.78. The number of carbonyl (C=O) groups excluding carboxylic acids is 1. The molecule has 2 heterocycles. The van der Waals surface area contributed by atoms with Gasteiger partial charge in [-0.1, -0.05) is 5.16 Å². The number of rotatable bonds is 5. The molecule has 96 valence electrons. The lowest BCUT2D eigenvalue weighted by Gasteiger charge is -2.12. The maximum Gasteiger partial charge on any atom is 0.286 e. The van der Waals surface area contributed by atoms with E-state index >= 15 is 0 Å². The number of nitrogens with zero attached hydrogens (tertiary/aromatic N) is 2. The van der Waals surface area contributed by atoms with Gasteiger partial charge in [-0.3, -0.25) is 9.69 Å². The molecule has 2 aromatic rings. The lowest BCUT2D eigenvalue weighted by Crippen LogP contribution is -2.18. The molecule has 0 fully saturated rings. The van der Waals surface area contributed by atoms with Crippen molar-refractivity contribution in [3.8, 4) is 0 Å². The third-order valence-corrected chi connectivity index (χ3v) is 2.46. The van der Waals surface area contributed by atoms with Gasteiger partial charge < -0.3 is 14.3 Å². The number of hydrogen-bond acceptors (Lipinski definition) is 5. The number of hydrogen-bond donors (Lipinski definition) is 1. The molecule has 2 aromatic heterocycles. The van der Waals surface area contributed by atoms with Gasteiger partial charge in [0.15, 0.2) is 5.76 Å². The van der Waals surface area contributed by atoms with E-state index in [0.717, 1.165) is 11.5 Å². The minimum Gasteiger partial charge on any atom is -0.455 e. The predicted molar refractivity (Wildman–Crippen MR) is 63.8 cm³/mol. The smallest absolute Gasteiger partial charge is 0.286 e. The largest absolute Gasteiger partial charge is 0.455 e. The van der Waals surface area contributed by atoms with Crippen LogP contribution in [0.4, 0.5) is 0 Å². The summed E-state index contributed by atoms with van der Waals surface area (Å²) in [5, 5.41) is 6.35. The summed E-state index contributed by atoms with van der Waals surface area (Å²) in [6.45, 7) is 1.26. The fourth-order valence-electron chi connectivity index (χ4n) is 1.63. The molecule has 18 heavy (non-hydrogen) atoms. The summed E-state index contributed by atoms with van der Waals surface area (Å²) < 4.78 is 10.2. The van der Waals surface area contributed by atoms with Crippen LogP contribution in [0.1, 0.15) is 22.0 Å². The van der Waals surface area contributed by atoms with Crippen LogP contribution in [0.5, 0.6) is 0 Å². The van der Waals surface area contributed by atoms with Crippen LogP contribution in [0.15, 0.2) is 33.4 Å². The van der Waals surface area contributed by atoms with Gasteiger partial charge in [-0.15, -0.1) is 0 Å². The van der Waals surface area contributed by atoms with Crippen LogP contribution in [0, 0.1) is 0 Å². The standard InChI is InChI=1S/C12H15N3O3/c1-13-12(16)11-4-3-10(18-11)8-15(2)7-9-5-6-17-14-9/h3-6H,7-8H2,1-2H3,(H,13,16). The highest BCUT2D eigenvalue weighted by atomic mass is 16.5.